The van der Waals surface area contributed by atoms with E-state index in [1.807, 2.05) is 0 Å². The number of carbonyl (C=O) groups is 3. The van der Waals surface area contributed by atoms with Crippen LogP contribution in [0, 0.1) is 0 Å². The van der Waals surface area contributed by atoms with Crippen LogP contribution in [0.2, 0.25) is 0 Å². The molecule has 7 heteroatoms. The monoisotopic (exact) mass is 348 g/mol. The second-order valence-corrected chi connectivity index (χ2v) is 6.89. The van der Waals surface area contributed by atoms with Gasteiger partial charge in [0.2, 0.25) is 5.91 Å². The van der Waals surface area contributed by atoms with Gasteiger partial charge in [0.15, 0.2) is 4.87 Å². The molecule has 0 spiro atoms. The third-order valence-corrected chi connectivity index (χ3v) is 5.33. The Hall–Kier alpha value is -2.28. The molecule has 0 bridgehead atoms. The standard InChI is InChI=1S/C17H20N2O4S/c1-3-10-23-15(21)13-6-4-12(5-7-13)11-24-17(2,16(18)22)19-9-8-14(19)20/h3-7H,1,8-11H2,2H3,(H2,18,22). The van der Waals surface area contributed by atoms with Gasteiger partial charge < -0.3 is 15.4 Å². The minimum Gasteiger partial charge on any atom is -0.458 e. The first-order valence-electron chi connectivity index (χ1n) is 7.50. The molecule has 2 rings (SSSR count). The molecule has 0 saturated carbocycles. The predicted molar refractivity (Wildman–Crippen MR) is 92.1 cm³/mol. The van der Waals surface area contributed by atoms with Crippen LogP contribution in [0.3, 0.4) is 0 Å². The molecule has 0 radical (unpaired) electrons. The molecule has 1 aliphatic heterocycles. The third-order valence-electron chi connectivity index (χ3n) is 3.86. The number of amides is 2. The number of likely N-dealkylation sites (tertiary alicyclic amines) is 1. The van der Waals surface area contributed by atoms with E-state index in [9.17, 15) is 14.4 Å². The molecule has 1 heterocycles. The van der Waals surface area contributed by atoms with Crippen LogP contribution in [-0.2, 0) is 20.1 Å². The van der Waals surface area contributed by atoms with Crippen LogP contribution in [0.5, 0.6) is 0 Å². The minimum absolute atomic E-state index is 0.0656. The van der Waals surface area contributed by atoms with E-state index < -0.39 is 16.7 Å². The molecule has 1 aromatic carbocycles. The number of carbonyl (C=O) groups excluding carboxylic acids is 3. The number of thioether (sulfide) groups is 1. The first kappa shape index (κ1) is 18.1. The molecule has 24 heavy (non-hydrogen) atoms. The molecular formula is C17H20N2O4S. The molecule has 2 amide bonds. The quantitative estimate of drug-likeness (QED) is 0.439. The van der Waals surface area contributed by atoms with Crippen LogP contribution in [-0.4, -0.2) is 40.7 Å². The van der Waals surface area contributed by atoms with Crippen LogP contribution >= 0.6 is 11.8 Å². The Morgan fingerprint density at radius 1 is 1.42 bits per heavy atom. The van der Waals surface area contributed by atoms with Gasteiger partial charge in [-0.05, 0) is 24.6 Å². The van der Waals surface area contributed by atoms with Crippen molar-refractivity contribution in [3.8, 4) is 0 Å². The Morgan fingerprint density at radius 3 is 2.54 bits per heavy atom. The van der Waals surface area contributed by atoms with Crippen LogP contribution in [0.4, 0.5) is 0 Å². The summed E-state index contributed by atoms with van der Waals surface area (Å²) in [6, 6.07) is 6.91. The summed E-state index contributed by atoms with van der Waals surface area (Å²) in [5.74, 6) is -0.526. The van der Waals surface area contributed by atoms with Crippen molar-refractivity contribution in [2.24, 2.45) is 5.73 Å². The maximum absolute atomic E-state index is 11.8. The van der Waals surface area contributed by atoms with E-state index >= 15 is 0 Å². The summed E-state index contributed by atoms with van der Waals surface area (Å²) in [4.78, 5) is 35.6. The van der Waals surface area contributed by atoms with E-state index in [0.29, 0.717) is 24.3 Å². The number of β-lactam (4-membered cyclic amide) rings is 1. The van der Waals surface area contributed by atoms with Gasteiger partial charge >= 0.3 is 5.97 Å². The van der Waals surface area contributed by atoms with Crippen molar-refractivity contribution in [1.82, 2.24) is 4.90 Å². The van der Waals surface area contributed by atoms with Crippen molar-refractivity contribution in [1.29, 1.82) is 0 Å². The van der Waals surface area contributed by atoms with Crippen molar-refractivity contribution in [3.05, 3.63) is 48.0 Å². The highest BCUT2D eigenvalue weighted by molar-refractivity contribution is 8.00. The normalized spacial score (nSPS) is 16.0. The molecule has 1 aromatic rings. The first-order chi connectivity index (χ1) is 11.4. The van der Waals surface area contributed by atoms with Gasteiger partial charge in [-0.2, -0.15) is 0 Å². The lowest BCUT2D eigenvalue weighted by Crippen LogP contribution is -2.61. The maximum atomic E-state index is 11.8. The van der Waals surface area contributed by atoms with Crippen LogP contribution < -0.4 is 5.73 Å². The van der Waals surface area contributed by atoms with Gasteiger partial charge in [-0.15, -0.1) is 11.8 Å². The number of hydrogen-bond donors (Lipinski definition) is 1. The highest BCUT2D eigenvalue weighted by Crippen LogP contribution is 2.35. The number of primary amides is 1. The fourth-order valence-electron chi connectivity index (χ4n) is 2.23. The zero-order chi connectivity index (χ0) is 17.7. The van der Waals surface area contributed by atoms with E-state index in [1.165, 1.54) is 22.7 Å². The van der Waals surface area contributed by atoms with E-state index in [2.05, 4.69) is 6.58 Å². The van der Waals surface area contributed by atoms with Crippen LogP contribution in [0.25, 0.3) is 0 Å². The second kappa shape index (κ2) is 7.53. The zero-order valence-corrected chi connectivity index (χ0v) is 14.3. The summed E-state index contributed by atoms with van der Waals surface area (Å²) >= 11 is 1.30. The van der Waals surface area contributed by atoms with Crippen molar-refractivity contribution < 1.29 is 19.1 Å². The molecular weight excluding hydrogens is 328 g/mol. The average Bonchev–Trinajstić information content (AvgIpc) is 2.56. The Balaban J connectivity index is 2.00. The number of ether oxygens (including phenoxy) is 1. The Labute approximate surface area is 145 Å². The molecule has 1 fully saturated rings. The van der Waals surface area contributed by atoms with Gasteiger partial charge in [0.25, 0.3) is 5.91 Å². The fraction of sp³-hybridized carbons (Fsp3) is 0.353. The zero-order valence-electron chi connectivity index (χ0n) is 13.5. The molecule has 1 unspecified atom stereocenters. The molecule has 6 nitrogen and oxygen atoms in total. The molecule has 0 aromatic heterocycles. The SMILES string of the molecule is C=CCOC(=O)c1ccc(CSC(C)(C(N)=O)N2CCC2=O)cc1. The number of nitrogens with two attached hydrogens (primary N) is 1. The van der Waals surface area contributed by atoms with Crippen LogP contribution in [0.15, 0.2) is 36.9 Å². The van der Waals surface area contributed by atoms with Crippen molar-refractivity contribution in [2.75, 3.05) is 13.2 Å². The highest BCUT2D eigenvalue weighted by atomic mass is 32.2. The van der Waals surface area contributed by atoms with E-state index in [4.69, 9.17) is 10.5 Å². The molecule has 2 N–H and O–H groups in total. The molecule has 1 atom stereocenters. The largest absolute Gasteiger partial charge is 0.458 e. The molecule has 0 aliphatic carbocycles. The van der Waals surface area contributed by atoms with Crippen LogP contribution in [0.1, 0.15) is 29.3 Å². The Morgan fingerprint density at radius 2 is 2.08 bits per heavy atom. The lowest BCUT2D eigenvalue weighted by Gasteiger charge is -2.43. The Bertz CT molecular complexity index is 659. The summed E-state index contributed by atoms with van der Waals surface area (Å²) in [6.07, 6.45) is 1.95. The lowest BCUT2D eigenvalue weighted by molar-refractivity contribution is -0.148. The van der Waals surface area contributed by atoms with Gasteiger partial charge in [-0.1, -0.05) is 24.8 Å². The number of esters is 1. The van der Waals surface area contributed by atoms with E-state index in [0.717, 1.165) is 5.56 Å². The third kappa shape index (κ3) is 3.79. The summed E-state index contributed by atoms with van der Waals surface area (Å²) in [5, 5.41) is 0. The molecule has 1 saturated heterocycles. The van der Waals surface area contributed by atoms with Gasteiger partial charge in [-0.25, -0.2) is 4.79 Å². The van der Waals surface area contributed by atoms with Gasteiger partial charge in [0, 0.05) is 18.7 Å². The average molecular weight is 348 g/mol. The van der Waals surface area contributed by atoms with E-state index in [1.54, 1.807) is 31.2 Å². The summed E-state index contributed by atoms with van der Waals surface area (Å²) in [7, 11) is 0. The number of rotatable bonds is 8. The summed E-state index contributed by atoms with van der Waals surface area (Å²) < 4.78 is 4.96. The van der Waals surface area contributed by atoms with Gasteiger partial charge in [-0.3, -0.25) is 9.59 Å². The maximum Gasteiger partial charge on any atom is 0.338 e. The highest BCUT2D eigenvalue weighted by Gasteiger charge is 2.45. The van der Waals surface area contributed by atoms with Crippen molar-refractivity contribution in [3.63, 3.8) is 0 Å². The first-order valence-corrected chi connectivity index (χ1v) is 8.48. The topological polar surface area (TPSA) is 89.7 Å². The minimum atomic E-state index is -1.06. The number of nitrogens with zero attached hydrogens (tertiary/aromatic N) is 1. The van der Waals surface area contributed by atoms with E-state index in [-0.39, 0.29) is 12.5 Å². The molecule has 128 valence electrons. The van der Waals surface area contributed by atoms with Crippen molar-refractivity contribution in [2.45, 2.75) is 24.0 Å². The Kier molecular flexibility index (Phi) is 5.66. The molecule has 1 aliphatic rings. The second-order valence-electron chi connectivity index (χ2n) is 5.52. The smallest absolute Gasteiger partial charge is 0.338 e. The fourth-order valence-corrected chi connectivity index (χ4v) is 3.36. The number of benzene rings is 1. The predicted octanol–water partition coefficient (Wildman–Crippen LogP) is 1.70. The summed E-state index contributed by atoms with van der Waals surface area (Å²) in [6.45, 7) is 5.86. The van der Waals surface area contributed by atoms with Crippen molar-refractivity contribution >= 4 is 29.5 Å². The summed E-state index contributed by atoms with van der Waals surface area (Å²) in [5.41, 5.74) is 6.86. The lowest BCUT2D eigenvalue weighted by atomic mass is 10.1. The van der Waals surface area contributed by atoms with Gasteiger partial charge in [0.1, 0.15) is 6.61 Å². The van der Waals surface area contributed by atoms with Gasteiger partial charge in [0.05, 0.1) is 5.56 Å². The number of hydrogen-bond acceptors (Lipinski definition) is 5.